The molecule has 1 aliphatic heterocycles. The molecule has 1 aromatic heterocycles. The van der Waals surface area contributed by atoms with Crippen molar-refractivity contribution in [3.63, 3.8) is 0 Å². The molecule has 0 N–H and O–H groups in total. The van der Waals surface area contributed by atoms with Gasteiger partial charge in [0.1, 0.15) is 5.76 Å². The maximum atomic E-state index is 12.6. The summed E-state index contributed by atoms with van der Waals surface area (Å²) in [5.41, 5.74) is 1.42. The van der Waals surface area contributed by atoms with Crippen molar-refractivity contribution in [3.05, 3.63) is 53.5 Å². The Labute approximate surface area is 129 Å². The van der Waals surface area contributed by atoms with Crippen LogP contribution in [0.1, 0.15) is 23.0 Å². The van der Waals surface area contributed by atoms with Crippen LogP contribution in [-0.4, -0.2) is 18.6 Å². The number of aldehydes is 1. The minimum Gasteiger partial charge on any atom is -0.455 e. The first-order valence-electron chi connectivity index (χ1n) is 6.89. The summed E-state index contributed by atoms with van der Waals surface area (Å²) in [5, 5.41) is 0. The van der Waals surface area contributed by atoms with Crippen molar-refractivity contribution in [1.82, 2.24) is 0 Å². The monoisotopic (exact) mass is 323 g/mol. The maximum Gasteiger partial charge on any atom is 0.449 e. The van der Waals surface area contributed by atoms with Gasteiger partial charge in [0.05, 0.1) is 12.5 Å². The van der Waals surface area contributed by atoms with E-state index >= 15 is 0 Å². The Morgan fingerprint density at radius 3 is 2.65 bits per heavy atom. The van der Waals surface area contributed by atoms with Gasteiger partial charge in [-0.2, -0.15) is 13.2 Å². The summed E-state index contributed by atoms with van der Waals surface area (Å²) >= 11 is 0. The molecule has 23 heavy (non-hydrogen) atoms. The van der Waals surface area contributed by atoms with Crippen LogP contribution in [0.4, 0.5) is 18.9 Å². The molecule has 0 spiro atoms. The van der Waals surface area contributed by atoms with Crippen LogP contribution >= 0.6 is 0 Å². The number of halogens is 3. The van der Waals surface area contributed by atoms with Crippen LogP contribution < -0.4 is 4.90 Å². The van der Waals surface area contributed by atoms with E-state index in [2.05, 4.69) is 0 Å². The Morgan fingerprint density at radius 2 is 2.00 bits per heavy atom. The molecule has 7 heteroatoms. The number of hydrogen-bond donors (Lipinski definition) is 0. The Balaban J connectivity index is 1.86. The molecule has 1 aliphatic rings. The molecule has 0 radical (unpaired) electrons. The molecule has 2 heterocycles. The van der Waals surface area contributed by atoms with Gasteiger partial charge in [-0.05, 0) is 23.8 Å². The minimum absolute atomic E-state index is 0.0930. The highest BCUT2D eigenvalue weighted by atomic mass is 19.4. The summed E-state index contributed by atoms with van der Waals surface area (Å²) in [6, 6.07) is 9.17. The third-order valence-corrected chi connectivity index (χ3v) is 3.80. The van der Waals surface area contributed by atoms with E-state index < -0.39 is 23.6 Å². The Hall–Kier alpha value is -2.57. The molecule has 120 valence electrons. The van der Waals surface area contributed by atoms with Crippen molar-refractivity contribution in [2.75, 3.05) is 11.4 Å². The number of furan rings is 1. The number of para-hydroxylation sites is 1. The van der Waals surface area contributed by atoms with Gasteiger partial charge in [0, 0.05) is 12.2 Å². The topological polar surface area (TPSA) is 50.5 Å². The zero-order valence-electron chi connectivity index (χ0n) is 11.8. The molecule has 1 unspecified atom stereocenters. The lowest BCUT2D eigenvalue weighted by atomic mass is 9.98. The predicted octanol–water partition coefficient (Wildman–Crippen LogP) is 3.17. The van der Waals surface area contributed by atoms with Crippen LogP contribution in [0.15, 0.2) is 40.8 Å². The SMILES string of the molecule is O=CC(=O)C1CN(Cc2ccc(C(F)(F)F)o2)c2ccccc21. The van der Waals surface area contributed by atoms with E-state index in [1.54, 1.807) is 29.2 Å². The van der Waals surface area contributed by atoms with Crippen molar-refractivity contribution in [3.8, 4) is 0 Å². The fourth-order valence-electron chi connectivity index (χ4n) is 2.77. The molecule has 3 rings (SSSR count). The molecular weight excluding hydrogens is 311 g/mol. The second-order valence-electron chi connectivity index (χ2n) is 5.28. The smallest absolute Gasteiger partial charge is 0.449 e. The number of carbonyl (C=O) groups excluding carboxylic acids is 2. The zero-order chi connectivity index (χ0) is 16.6. The van der Waals surface area contributed by atoms with E-state index in [0.29, 0.717) is 5.56 Å². The number of fused-ring (bicyclic) bond motifs is 1. The third kappa shape index (κ3) is 2.86. The van der Waals surface area contributed by atoms with Gasteiger partial charge in [0.15, 0.2) is 6.29 Å². The van der Waals surface area contributed by atoms with Gasteiger partial charge in [0.2, 0.25) is 11.5 Å². The van der Waals surface area contributed by atoms with Crippen molar-refractivity contribution in [2.24, 2.45) is 0 Å². The number of carbonyl (C=O) groups is 2. The third-order valence-electron chi connectivity index (χ3n) is 3.80. The molecule has 2 aromatic rings. The first-order chi connectivity index (χ1) is 10.9. The number of anilines is 1. The van der Waals surface area contributed by atoms with E-state index in [1.807, 2.05) is 0 Å². The highest BCUT2D eigenvalue weighted by Gasteiger charge is 2.36. The van der Waals surface area contributed by atoms with Crippen LogP contribution in [0.5, 0.6) is 0 Å². The van der Waals surface area contributed by atoms with Gasteiger partial charge in [-0.25, -0.2) is 0 Å². The van der Waals surface area contributed by atoms with Gasteiger partial charge in [-0.1, -0.05) is 18.2 Å². The summed E-state index contributed by atoms with van der Waals surface area (Å²) in [6.07, 6.45) is -4.25. The molecule has 1 aromatic carbocycles. The molecule has 0 bridgehead atoms. The zero-order valence-corrected chi connectivity index (χ0v) is 11.8. The second kappa shape index (κ2) is 5.57. The quantitative estimate of drug-likeness (QED) is 0.640. The van der Waals surface area contributed by atoms with E-state index in [1.165, 1.54) is 6.07 Å². The standard InChI is InChI=1S/C16H12F3NO3/c17-16(18,19)15-6-5-10(23-15)7-20-8-12(14(22)9-21)11-3-1-2-4-13(11)20/h1-6,9,12H,7-8H2. The molecule has 0 saturated heterocycles. The predicted molar refractivity (Wildman–Crippen MR) is 75.0 cm³/mol. The summed E-state index contributed by atoms with van der Waals surface area (Å²) in [4.78, 5) is 24.2. The van der Waals surface area contributed by atoms with Gasteiger partial charge in [-0.15, -0.1) is 0 Å². The van der Waals surface area contributed by atoms with Crippen LogP contribution in [0, 0.1) is 0 Å². The number of alkyl halides is 3. The number of rotatable bonds is 4. The molecule has 0 amide bonds. The normalized spacial score (nSPS) is 17.2. The minimum atomic E-state index is -4.53. The maximum absolute atomic E-state index is 12.6. The van der Waals surface area contributed by atoms with E-state index in [4.69, 9.17) is 4.42 Å². The van der Waals surface area contributed by atoms with Gasteiger partial charge in [0.25, 0.3) is 0 Å². The number of hydrogen-bond acceptors (Lipinski definition) is 4. The fraction of sp³-hybridized carbons (Fsp3) is 0.250. The average Bonchev–Trinajstić information content (AvgIpc) is 3.12. The highest BCUT2D eigenvalue weighted by Crippen LogP contribution is 2.38. The number of nitrogens with zero attached hydrogens (tertiary/aromatic N) is 1. The number of Topliss-reactive ketones (excluding diaryl/α,β-unsaturated/α-hetero) is 1. The lowest BCUT2D eigenvalue weighted by Gasteiger charge is -2.18. The fourth-order valence-corrected chi connectivity index (χ4v) is 2.77. The molecule has 0 fully saturated rings. The van der Waals surface area contributed by atoms with Crippen molar-refractivity contribution < 1.29 is 27.2 Å². The van der Waals surface area contributed by atoms with Gasteiger partial charge >= 0.3 is 6.18 Å². The van der Waals surface area contributed by atoms with E-state index in [0.717, 1.165) is 11.8 Å². The van der Waals surface area contributed by atoms with Crippen LogP contribution in [0.3, 0.4) is 0 Å². The average molecular weight is 323 g/mol. The number of benzene rings is 1. The molecule has 4 nitrogen and oxygen atoms in total. The second-order valence-corrected chi connectivity index (χ2v) is 5.28. The Morgan fingerprint density at radius 1 is 1.26 bits per heavy atom. The van der Waals surface area contributed by atoms with E-state index in [9.17, 15) is 22.8 Å². The highest BCUT2D eigenvalue weighted by molar-refractivity contribution is 6.28. The number of ketones is 1. The summed E-state index contributed by atoms with van der Waals surface area (Å²) in [7, 11) is 0. The summed E-state index contributed by atoms with van der Waals surface area (Å²) in [6.45, 7) is 0.328. The summed E-state index contributed by atoms with van der Waals surface area (Å²) < 4.78 is 42.6. The largest absolute Gasteiger partial charge is 0.455 e. The van der Waals surface area contributed by atoms with Crippen molar-refractivity contribution in [1.29, 1.82) is 0 Å². The Bertz CT molecular complexity index is 751. The molecule has 0 aliphatic carbocycles. The first kappa shape index (κ1) is 15.3. The molecule has 0 saturated carbocycles. The van der Waals surface area contributed by atoms with Crippen LogP contribution in [0.2, 0.25) is 0 Å². The van der Waals surface area contributed by atoms with E-state index in [-0.39, 0.29) is 25.1 Å². The summed E-state index contributed by atoms with van der Waals surface area (Å²) in [5.74, 6) is -2.05. The lowest BCUT2D eigenvalue weighted by molar-refractivity contribution is -0.153. The first-order valence-corrected chi connectivity index (χ1v) is 6.89. The van der Waals surface area contributed by atoms with Crippen molar-refractivity contribution in [2.45, 2.75) is 18.6 Å². The van der Waals surface area contributed by atoms with Crippen LogP contribution in [-0.2, 0) is 22.3 Å². The molecular formula is C16H12F3NO3. The van der Waals surface area contributed by atoms with Crippen molar-refractivity contribution >= 4 is 17.8 Å². The Kier molecular flexibility index (Phi) is 3.71. The molecule has 1 atom stereocenters. The lowest BCUT2D eigenvalue weighted by Crippen LogP contribution is -2.24. The van der Waals surface area contributed by atoms with Crippen LogP contribution in [0.25, 0.3) is 0 Å². The van der Waals surface area contributed by atoms with Gasteiger partial charge in [-0.3, -0.25) is 9.59 Å². The van der Waals surface area contributed by atoms with Gasteiger partial charge < -0.3 is 9.32 Å².